The number of anilines is 2. The molecule has 0 bridgehead atoms. The molecule has 1 amide bonds. The predicted molar refractivity (Wildman–Crippen MR) is 154 cm³/mol. The first-order valence-corrected chi connectivity index (χ1v) is 14.4. The summed E-state index contributed by atoms with van der Waals surface area (Å²) in [6, 6.07) is 6.57. The summed E-state index contributed by atoms with van der Waals surface area (Å²) in [6.45, 7) is 10.0. The van der Waals surface area contributed by atoms with E-state index in [2.05, 4.69) is 33.1 Å². The highest BCUT2D eigenvalue weighted by Crippen LogP contribution is 2.42. The van der Waals surface area contributed by atoms with Crippen LogP contribution in [0.15, 0.2) is 30.6 Å². The third-order valence-electron chi connectivity index (χ3n) is 8.82. The number of aromatic nitrogens is 2. The summed E-state index contributed by atoms with van der Waals surface area (Å²) < 4.78 is 7.10. The number of benzene rings is 1. The van der Waals surface area contributed by atoms with Gasteiger partial charge in [0.25, 0.3) is 0 Å². The minimum atomic E-state index is -0.0172. The molecule has 6 rings (SSSR count). The maximum absolute atomic E-state index is 13.0. The lowest BCUT2D eigenvalue weighted by molar-refractivity contribution is -0.106. The van der Waals surface area contributed by atoms with E-state index in [0.29, 0.717) is 17.3 Å². The van der Waals surface area contributed by atoms with Crippen molar-refractivity contribution in [2.75, 3.05) is 76.4 Å². The zero-order chi connectivity index (χ0) is 27.6. The van der Waals surface area contributed by atoms with E-state index in [4.69, 9.17) is 21.1 Å². The average molecular weight is 557 g/mol. The van der Waals surface area contributed by atoms with Crippen LogP contribution >= 0.6 is 11.6 Å². The molecular formula is C29H41ClN6O3. The van der Waals surface area contributed by atoms with Crippen molar-refractivity contribution >= 4 is 35.3 Å². The van der Waals surface area contributed by atoms with Gasteiger partial charge in [-0.3, -0.25) is 4.90 Å². The predicted octanol–water partition coefficient (Wildman–Crippen LogP) is 3.85. The number of carbonyl (C=O) groups excluding carboxylic acids is 2. The number of halogens is 1. The lowest BCUT2D eigenvalue weighted by Gasteiger charge is -2.33. The van der Waals surface area contributed by atoms with Crippen LogP contribution in [-0.2, 0) is 16.1 Å². The highest BCUT2D eigenvalue weighted by atomic mass is 35.5. The first-order chi connectivity index (χ1) is 18.8. The van der Waals surface area contributed by atoms with E-state index >= 15 is 0 Å². The van der Waals surface area contributed by atoms with E-state index in [1.807, 2.05) is 30.1 Å². The highest BCUT2D eigenvalue weighted by molar-refractivity contribution is 6.30. The van der Waals surface area contributed by atoms with Gasteiger partial charge in [-0.2, -0.15) is 9.78 Å². The van der Waals surface area contributed by atoms with Crippen molar-refractivity contribution in [3.05, 3.63) is 41.2 Å². The molecule has 0 N–H and O–H groups in total. The second kappa shape index (κ2) is 11.9. The number of rotatable bonds is 4. The van der Waals surface area contributed by atoms with Crippen molar-refractivity contribution in [3.63, 3.8) is 0 Å². The minimum Gasteiger partial charge on any atom is -0.381 e. The van der Waals surface area contributed by atoms with Gasteiger partial charge in [0, 0.05) is 83.8 Å². The second-order valence-electron chi connectivity index (χ2n) is 11.8. The maximum Gasteiger partial charge on any atom is 0.344 e. The molecule has 5 heterocycles. The van der Waals surface area contributed by atoms with Crippen LogP contribution in [0.1, 0.15) is 31.7 Å². The van der Waals surface area contributed by atoms with Crippen molar-refractivity contribution in [2.24, 2.45) is 17.3 Å². The third kappa shape index (κ3) is 6.26. The van der Waals surface area contributed by atoms with Gasteiger partial charge in [0.1, 0.15) is 6.29 Å². The molecule has 4 saturated heterocycles. The smallest absolute Gasteiger partial charge is 0.344 e. The van der Waals surface area contributed by atoms with E-state index in [1.54, 1.807) is 6.20 Å². The standard InChI is InChI=1S/C27H37ClN6O2.C2H4O/c1-30(2)25-12-29-34(18-25)26(35)33-16-21-14-31(15-22(21)17-33)13-20-9-23(28)11-24(10-20)32-6-3-27(19-32)4-7-36-8-5-27;1-2-3/h9-12,18,21-22H,3-8,13-17,19H2,1-2H3;2H,1H3. The van der Waals surface area contributed by atoms with Crippen LogP contribution in [0.4, 0.5) is 16.2 Å². The Morgan fingerprint density at radius 2 is 1.82 bits per heavy atom. The Hall–Kier alpha value is -2.62. The SMILES string of the molecule is CC=O.CN(C)c1cnn(C(=O)N2CC3CN(Cc4cc(Cl)cc(N5CCC6(CCOCC6)C5)c4)CC3C2)c1. The van der Waals surface area contributed by atoms with Gasteiger partial charge >= 0.3 is 6.03 Å². The molecule has 1 spiro atoms. The van der Waals surface area contributed by atoms with Crippen LogP contribution in [0.25, 0.3) is 0 Å². The normalized spacial score (nSPS) is 24.0. The summed E-state index contributed by atoms with van der Waals surface area (Å²) in [5.74, 6) is 1.03. The molecule has 4 aliphatic rings. The fourth-order valence-electron chi connectivity index (χ4n) is 6.70. The Bertz CT molecular complexity index is 1150. The number of hydrogen-bond donors (Lipinski definition) is 0. The average Bonchev–Trinajstić information content (AvgIpc) is 3.68. The fraction of sp³-hybridized carbons (Fsp3) is 0.621. The molecule has 2 unspecified atom stereocenters. The van der Waals surface area contributed by atoms with Crippen LogP contribution in [0.2, 0.25) is 5.02 Å². The van der Waals surface area contributed by atoms with Gasteiger partial charge < -0.3 is 24.2 Å². The van der Waals surface area contributed by atoms with Crippen LogP contribution in [0.5, 0.6) is 0 Å². The summed E-state index contributed by atoms with van der Waals surface area (Å²) in [5.41, 5.74) is 3.90. The zero-order valence-corrected chi connectivity index (χ0v) is 24.1. The molecule has 0 saturated carbocycles. The quantitative estimate of drug-likeness (QED) is 0.530. The van der Waals surface area contributed by atoms with Crippen molar-refractivity contribution in [2.45, 2.75) is 32.7 Å². The lowest BCUT2D eigenvalue weighted by atomic mass is 9.80. The van der Waals surface area contributed by atoms with Gasteiger partial charge in [0.15, 0.2) is 0 Å². The second-order valence-corrected chi connectivity index (χ2v) is 12.2. The first-order valence-electron chi connectivity index (χ1n) is 14.0. The molecule has 2 aromatic rings. The number of amides is 1. The Morgan fingerprint density at radius 1 is 1.13 bits per heavy atom. The van der Waals surface area contributed by atoms with Gasteiger partial charge in [-0.15, -0.1) is 0 Å². The monoisotopic (exact) mass is 556 g/mol. The van der Waals surface area contributed by atoms with Crippen molar-refractivity contribution in [3.8, 4) is 0 Å². The van der Waals surface area contributed by atoms with E-state index in [1.165, 1.54) is 42.1 Å². The Labute approximate surface area is 236 Å². The molecule has 1 aromatic heterocycles. The molecular weight excluding hydrogens is 516 g/mol. The van der Waals surface area contributed by atoms with Gasteiger partial charge in [-0.25, -0.2) is 4.79 Å². The van der Waals surface area contributed by atoms with Gasteiger partial charge in [-0.05, 0) is 67.2 Å². The first kappa shape index (κ1) is 27.9. The number of nitrogens with zero attached hydrogens (tertiary/aromatic N) is 6. The van der Waals surface area contributed by atoms with Crippen molar-refractivity contribution < 1.29 is 14.3 Å². The summed E-state index contributed by atoms with van der Waals surface area (Å²) >= 11 is 6.60. The Morgan fingerprint density at radius 3 is 2.46 bits per heavy atom. The lowest BCUT2D eigenvalue weighted by Crippen LogP contribution is -2.36. The largest absolute Gasteiger partial charge is 0.381 e. The van der Waals surface area contributed by atoms with Crippen LogP contribution in [0, 0.1) is 17.3 Å². The summed E-state index contributed by atoms with van der Waals surface area (Å²) in [5, 5.41) is 5.10. The van der Waals surface area contributed by atoms with Crippen molar-refractivity contribution in [1.82, 2.24) is 19.6 Å². The van der Waals surface area contributed by atoms with E-state index in [0.717, 1.165) is 76.0 Å². The van der Waals surface area contributed by atoms with Gasteiger partial charge in [0.05, 0.1) is 18.1 Å². The van der Waals surface area contributed by atoms with Gasteiger partial charge in [0.2, 0.25) is 0 Å². The van der Waals surface area contributed by atoms with Crippen LogP contribution < -0.4 is 9.80 Å². The third-order valence-corrected chi connectivity index (χ3v) is 9.04. The molecule has 39 heavy (non-hydrogen) atoms. The molecule has 10 heteroatoms. The van der Waals surface area contributed by atoms with E-state index < -0.39 is 0 Å². The Kier molecular flexibility index (Phi) is 8.49. The topological polar surface area (TPSA) is 74.2 Å². The van der Waals surface area contributed by atoms with E-state index in [-0.39, 0.29) is 6.03 Å². The highest BCUT2D eigenvalue weighted by Gasteiger charge is 2.42. The van der Waals surface area contributed by atoms with Crippen molar-refractivity contribution in [1.29, 1.82) is 0 Å². The van der Waals surface area contributed by atoms with Gasteiger partial charge in [-0.1, -0.05) is 11.6 Å². The molecule has 4 aliphatic heterocycles. The summed E-state index contributed by atoms with van der Waals surface area (Å²) in [4.78, 5) is 30.8. The summed E-state index contributed by atoms with van der Waals surface area (Å²) in [6.07, 6.45) is 7.89. The van der Waals surface area contributed by atoms with Crippen LogP contribution in [-0.4, -0.2) is 98.5 Å². The number of likely N-dealkylation sites (tertiary alicyclic amines) is 2. The number of aldehydes is 1. The molecule has 1 aromatic carbocycles. The number of hydrogen-bond acceptors (Lipinski definition) is 7. The maximum atomic E-state index is 13.0. The molecule has 4 fully saturated rings. The molecule has 212 valence electrons. The number of carbonyl (C=O) groups is 2. The molecule has 9 nitrogen and oxygen atoms in total. The Balaban J connectivity index is 0.000000983. The zero-order valence-electron chi connectivity index (χ0n) is 23.4. The molecule has 0 aliphatic carbocycles. The number of fused-ring (bicyclic) bond motifs is 1. The van der Waals surface area contributed by atoms with Crippen LogP contribution in [0.3, 0.4) is 0 Å². The van der Waals surface area contributed by atoms with E-state index in [9.17, 15) is 4.79 Å². The number of ether oxygens (including phenoxy) is 1. The molecule has 0 radical (unpaired) electrons. The minimum absolute atomic E-state index is 0.0172. The molecule has 2 atom stereocenters. The fourth-order valence-corrected chi connectivity index (χ4v) is 6.95. The summed E-state index contributed by atoms with van der Waals surface area (Å²) in [7, 11) is 3.91.